The molecule has 20 heavy (non-hydrogen) atoms. The summed E-state index contributed by atoms with van der Waals surface area (Å²) in [7, 11) is 0. The molecule has 0 fully saturated rings. The van der Waals surface area contributed by atoms with E-state index in [0.717, 1.165) is 0 Å². The highest BCUT2D eigenvalue weighted by Gasteiger charge is 2.35. The molecule has 2 rings (SSSR count). The molecule has 0 aliphatic rings. The van der Waals surface area contributed by atoms with Crippen molar-refractivity contribution in [1.82, 2.24) is 0 Å². The summed E-state index contributed by atoms with van der Waals surface area (Å²) in [5, 5.41) is 0. The average Bonchev–Trinajstić information content (AvgIpc) is 2.47. The van der Waals surface area contributed by atoms with Crippen molar-refractivity contribution >= 4 is 0 Å². The molecule has 0 saturated carbocycles. The SMILES string of the molecule is CC[C@H](N)C(N)(c1ccc(F)cc1)c1ccc(F)cc1. The lowest BCUT2D eigenvalue weighted by atomic mass is 9.77. The number of benzene rings is 2. The Bertz CT molecular complexity index is 519. The number of halogens is 2. The van der Waals surface area contributed by atoms with Gasteiger partial charge in [-0.15, -0.1) is 0 Å². The molecular weight excluding hydrogens is 258 g/mol. The minimum Gasteiger partial charge on any atom is -0.326 e. The van der Waals surface area contributed by atoms with Crippen molar-refractivity contribution in [3.8, 4) is 0 Å². The predicted octanol–water partition coefficient (Wildman–Crippen LogP) is 2.90. The van der Waals surface area contributed by atoms with Gasteiger partial charge in [0.1, 0.15) is 11.6 Å². The highest BCUT2D eigenvalue weighted by Crippen LogP contribution is 2.31. The topological polar surface area (TPSA) is 52.0 Å². The van der Waals surface area contributed by atoms with E-state index in [1.807, 2.05) is 6.92 Å². The van der Waals surface area contributed by atoms with Gasteiger partial charge in [-0.25, -0.2) is 8.78 Å². The van der Waals surface area contributed by atoms with Gasteiger partial charge in [0.2, 0.25) is 0 Å². The van der Waals surface area contributed by atoms with Gasteiger partial charge in [0.15, 0.2) is 0 Å². The van der Waals surface area contributed by atoms with Crippen molar-refractivity contribution < 1.29 is 8.78 Å². The highest BCUT2D eigenvalue weighted by molar-refractivity contribution is 5.40. The van der Waals surface area contributed by atoms with Gasteiger partial charge in [-0.05, 0) is 41.8 Å². The molecule has 0 aliphatic carbocycles. The molecule has 2 aromatic carbocycles. The molecule has 0 unspecified atom stereocenters. The lowest BCUT2D eigenvalue weighted by Crippen LogP contribution is -2.53. The molecule has 2 aromatic rings. The van der Waals surface area contributed by atoms with E-state index >= 15 is 0 Å². The molecule has 0 saturated heterocycles. The van der Waals surface area contributed by atoms with E-state index in [0.29, 0.717) is 17.5 Å². The first-order valence-corrected chi connectivity index (χ1v) is 6.55. The molecule has 0 spiro atoms. The van der Waals surface area contributed by atoms with E-state index in [1.165, 1.54) is 24.3 Å². The minimum absolute atomic E-state index is 0.333. The Morgan fingerprint density at radius 2 is 1.25 bits per heavy atom. The molecule has 106 valence electrons. The summed E-state index contributed by atoms with van der Waals surface area (Å²) in [5.41, 5.74) is 13.1. The van der Waals surface area contributed by atoms with Crippen LogP contribution in [0.4, 0.5) is 8.78 Å². The van der Waals surface area contributed by atoms with Gasteiger partial charge >= 0.3 is 0 Å². The van der Waals surface area contributed by atoms with Crippen LogP contribution in [0.3, 0.4) is 0 Å². The maximum Gasteiger partial charge on any atom is 0.123 e. The van der Waals surface area contributed by atoms with Gasteiger partial charge in [-0.2, -0.15) is 0 Å². The number of hydrogen-bond donors (Lipinski definition) is 2. The first-order chi connectivity index (χ1) is 9.48. The molecule has 0 aliphatic heterocycles. The molecule has 0 aromatic heterocycles. The Morgan fingerprint density at radius 1 is 0.900 bits per heavy atom. The number of hydrogen-bond acceptors (Lipinski definition) is 2. The van der Waals surface area contributed by atoms with Crippen LogP contribution in [0.25, 0.3) is 0 Å². The molecule has 0 heterocycles. The summed E-state index contributed by atoms with van der Waals surface area (Å²) < 4.78 is 26.2. The monoisotopic (exact) mass is 276 g/mol. The van der Waals surface area contributed by atoms with Crippen LogP contribution in [-0.4, -0.2) is 6.04 Å². The second kappa shape index (κ2) is 5.69. The number of nitrogens with two attached hydrogens (primary N) is 2. The third-order valence-electron chi connectivity index (χ3n) is 3.67. The normalized spacial score (nSPS) is 13.2. The zero-order valence-electron chi connectivity index (χ0n) is 11.3. The fraction of sp³-hybridized carbons (Fsp3) is 0.250. The summed E-state index contributed by atoms with van der Waals surface area (Å²) in [6, 6.07) is 11.5. The first kappa shape index (κ1) is 14.6. The van der Waals surface area contributed by atoms with E-state index in [9.17, 15) is 8.78 Å². The first-order valence-electron chi connectivity index (χ1n) is 6.55. The second-order valence-electron chi connectivity index (χ2n) is 4.90. The van der Waals surface area contributed by atoms with Crippen LogP contribution >= 0.6 is 0 Å². The zero-order chi connectivity index (χ0) is 14.8. The van der Waals surface area contributed by atoms with Gasteiger partial charge in [0.25, 0.3) is 0 Å². The van der Waals surface area contributed by atoms with Crippen LogP contribution in [0, 0.1) is 11.6 Å². The molecule has 2 nitrogen and oxygen atoms in total. The second-order valence-corrected chi connectivity index (χ2v) is 4.90. The van der Waals surface area contributed by atoms with E-state index in [4.69, 9.17) is 11.5 Å². The van der Waals surface area contributed by atoms with Gasteiger partial charge in [0.05, 0.1) is 5.54 Å². The molecule has 0 bridgehead atoms. The van der Waals surface area contributed by atoms with Crippen LogP contribution in [-0.2, 0) is 5.54 Å². The van der Waals surface area contributed by atoms with E-state index in [2.05, 4.69) is 0 Å². The van der Waals surface area contributed by atoms with Crippen LogP contribution in [0.15, 0.2) is 48.5 Å². The fourth-order valence-electron chi connectivity index (χ4n) is 2.37. The Hall–Kier alpha value is -1.78. The quantitative estimate of drug-likeness (QED) is 0.902. The van der Waals surface area contributed by atoms with Crippen molar-refractivity contribution in [3.05, 3.63) is 71.3 Å². The fourth-order valence-corrected chi connectivity index (χ4v) is 2.37. The minimum atomic E-state index is -0.976. The van der Waals surface area contributed by atoms with Crippen LogP contribution < -0.4 is 11.5 Å². The predicted molar refractivity (Wildman–Crippen MR) is 76.0 cm³/mol. The van der Waals surface area contributed by atoms with Gasteiger partial charge < -0.3 is 11.5 Å². The standard InChI is InChI=1S/C16H18F2N2/c1-2-15(19)16(20,11-3-7-13(17)8-4-11)12-5-9-14(18)10-6-12/h3-10,15H,2,19-20H2,1H3/t15-/m0/s1. The Morgan fingerprint density at radius 3 is 1.55 bits per heavy atom. The third kappa shape index (κ3) is 2.57. The lowest BCUT2D eigenvalue weighted by molar-refractivity contribution is 0.409. The Labute approximate surface area is 117 Å². The van der Waals surface area contributed by atoms with Crippen LogP contribution in [0.5, 0.6) is 0 Å². The van der Waals surface area contributed by atoms with E-state index < -0.39 is 5.54 Å². The summed E-state index contributed by atoms with van der Waals surface area (Å²) in [6.07, 6.45) is 0.644. The highest BCUT2D eigenvalue weighted by atomic mass is 19.1. The van der Waals surface area contributed by atoms with Crippen LogP contribution in [0.1, 0.15) is 24.5 Å². The smallest absolute Gasteiger partial charge is 0.123 e. The van der Waals surface area contributed by atoms with Crippen LogP contribution in [0.2, 0.25) is 0 Å². The molecule has 0 radical (unpaired) electrons. The lowest BCUT2D eigenvalue weighted by Gasteiger charge is -2.36. The van der Waals surface area contributed by atoms with Crippen molar-refractivity contribution in [3.63, 3.8) is 0 Å². The van der Waals surface area contributed by atoms with E-state index in [1.54, 1.807) is 24.3 Å². The van der Waals surface area contributed by atoms with E-state index in [-0.39, 0.29) is 17.7 Å². The van der Waals surface area contributed by atoms with Crippen molar-refractivity contribution in [2.75, 3.05) is 0 Å². The maximum absolute atomic E-state index is 13.1. The summed E-state index contributed by atoms with van der Waals surface area (Å²) in [6.45, 7) is 1.93. The average molecular weight is 276 g/mol. The van der Waals surface area contributed by atoms with Crippen molar-refractivity contribution in [1.29, 1.82) is 0 Å². The molecule has 0 amide bonds. The third-order valence-corrected chi connectivity index (χ3v) is 3.67. The summed E-state index contributed by atoms with van der Waals surface area (Å²) in [5.74, 6) is -0.666. The van der Waals surface area contributed by atoms with Gasteiger partial charge in [-0.1, -0.05) is 31.2 Å². The summed E-state index contributed by atoms with van der Waals surface area (Å²) in [4.78, 5) is 0. The zero-order valence-corrected chi connectivity index (χ0v) is 11.3. The molecular formula is C16H18F2N2. The largest absolute Gasteiger partial charge is 0.326 e. The molecule has 1 atom stereocenters. The van der Waals surface area contributed by atoms with Crippen molar-refractivity contribution in [2.45, 2.75) is 24.9 Å². The number of rotatable bonds is 4. The van der Waals surface area contributed by atoms with Crippen molar-refractivity contribution in [2.24, 2.45) is 11.5 Å². The summed E-state index contributed by atoms with van der Waals surface area (Å²) >= 11 is 0. The van der Waals surface area contributed by atoms with Gasteiger partial charge in [0, 0.05) is 6.04 Å². The Balaban J connectivity index is 2.55. The Kier molecular flexibility index (Phi) is 4.16. The molecule has 4 heteroatoms. The van der Waals surface area contributed by atoms with Gasteiger partial charge in [-0.3, -0.25) is 0 Å². The molecule has 4 N–H and O–H groups in total. The maximum atomic E-state index is 13.1.